The van der Waals surface area contributed by atoms with Crippen LogP contribution in [0.3, 0.4) is 0 Å². The third kappa shape index (κ3) is 4.44. The molecule has 0 bridgehead atoms. The minimum Gasteiger partial charge on any atom is -0.466 e. The lowest BCUT2D eigenvalue weighted by Gasteiger charge is -2.21. The maximum absolute atomic E-state index is 12.9. The van der Waals surface area contributed by atoms with Gasteiger partial charge < -0.3 is 4.74 Å². The number of carbonyl (C=O) groups is 1. The molecule has 0 aliphatic carbocycles. The molecule has 22 heavy (non-hydrogen) atoms. The molecule has 1 unspecified atom stereocenters. The van der Waals surface area contributed by atoms with E-state index in [2.05, 4.69) is 22.5 Å². The van der Waals surface area contributed by atoms with Gasteiger partial charge >= 0.3 is 5.97 Å². The van der Waals surface area contributed by atoms with Crippen LogP contribution in [0.1, 0.15) is 12.5 Å². The van der Waals surface area contributed by atoms with Gasteiger partial charge in [0.15, 0.2) is 0 Å². The summed E-state index contributed by atoms with van der Waals surface area (Å²) in [5.41, 5.74) is -1.61. The van der Waals surface area contributed by atoms with Gasteiger partial charge in [-0.25, -0.2) is 0 Å². The Kier molecular flexibility index (Phi) is 6.69. The third-order valence-corrected chi connectivity index (χ3v) is 13.0. The molecule has 1 fully saturated rings. The molecule has 7 heteroatoms. The smallest absolute Gasteiger partial charge is 0.313 e. The summed E-state index contributed by atoms with van der Waals surface area (Å²) >= 11 is 6.26. The van der Waals surface area contributed by atoms with Crippen molar-refractivity contribution in [3.8, 4) is 0 Å². The SMILES string of the molecule is C=C(C(Cc1ccc(Br)cc1)C(=O)OCC)P1(=O)SCCS1. The first-order chi connectivity index (χ1) is 10.5. The van der Waals surface area contributed by atoms with Crippen LogP contribution in [-0.4, -0.2) is 24.1 Å². The van der Waals surface area contributed by atoms with Gasteiger partial charge in [-0.2, -0.15) is 0 Å². The van der Waals surface area contributed by atoms with Crippen molar-refractivity contribution < 1.29 is 14.1 Å². The minimum atomic E-state index is -2.61. The van der Waals surface area contributed by atoms with Gasteiger partial charge in [-0.3, -0.25) is 9.36 Å². The summed E-state index contributed by atoms with van der Waals surface area (Å²) in [4.78, 5) is 12.3. The lowest BCUT2D eigenvalue weighted by Crippen LogP contribution is -2.21. The summed E-state index contributed by atoms with van der Waals surface area (Å²) in [6.07, 6.45) is 0.468. The van der Waals surface area contributed by atoms with Crippen LogP contribution in [0, 0.1) is 5.92 Å². The second kappa shape index (κ2) is 8.09. The monoisotopic (exact) mass is 420 g/mol. The zero-order valence-electron chi connectivity index (χ0n) is 12.3. The van der Waals surface area contributed by atoms with E-state index in [0.29, 0.717) is 18.3 Å². The van der Waals surface area contributed by atoms with Crippen molar-refractivity contribution in [2.75, 3.05) is 18.1 Å². The maximum Gasteiger partial charge on any atom is 0.313 e. The molecule has 1 heterocycles. The molecule has 0 N–H and O–H groups in total. The Hall–Kier alpha value is -0.160. The van der Waals surface area contributed by atoms with Gasteiger partial charge in [0.2, 0.25) is 5.55 Å². The molecule has 1 aromatic carbocycles. The van der Waals surface area contributed by atoms with Crippen LogP contribution in [-0.2, 0) is 20.5 Å². The average Bonchev–Trinajstić information content (AvgIpc) is 2.94. The predicted octanol–water partition coefficient (Wildman–Crippen LogP) is 5.36. The van der Waals surface area contributed by atoms with Crippen molar-refractivity contribution >= 4 is 50.2 Å². The van der Waals surface area contributed by atoms with Crippen LogP contribution in [0.4, 0.5) is 0 Å². The van der Waals surface area contributed by atoms with Crippen molar-refractivity contribution in [2.45, 2.75) is 13.3 Å². The van der Waals surface area contributed by atoms with E-state index < -0.39 is 11.5 Å². The number of carbonyl (C=O) groups excluding carboxylic acids is 1. The standard InChI is InChI=1S/C15H18BrO3PS2/c1-3-19-15(17)14(10-12-4-6-13(16)7-5-12)11(2)20(18)21-8-9-22-20/h4-7,14H,2-3,8-10H2,1H3. The molecule has 1 aromatic rings. The first-order valence-electron chi connectivity index (χ1n) is 6.96. The summed E-state index contributed by atoms with van der Waals surface area (Å²) < 4.78 is 19.1. The molecule has 0 aromatic heterocycles. The maximum atomic E-state index is 12.9. The Morgan fingerprint density at radius 2 is 1.95 bits per heavy atom. The molecule has 0 spiro atoms. The first-order valence-corrected chi connectivity index (χ1v) is 12.6. The fourth-order valence-corrected chi connectivity index (χ4v) is 11.2. The van der Waals surface area contributed by atoms with Gasteiger partial charge in [0, 0.05) is 21.3 Å². The van der Waals surface area contributed by atoms with E-state index in [4.69, 9.17) is 4.74 Å². The van der Waals surface area contributed by atoms with Crippen LogP contribution in [0.25, 0.3) is 0 Å². The number of esters is 1. The second-order valence-electron chi connectivity index (χ2n) is 4.79. The lowest BCUT2D eigenvalue weighted by atomic mass is 9.99. The van der Waals surface area contributed by atoms with Gasteiger partial charge in [-0.15, -0.1) is 0 Å². The Labute approximate surface area is 147 Å². The van der Waals surface area contributed by atoms with Gasteiger partial charge in [0.1, 0.15) is 0 Å². The summed E-state index contributed by atoms with van der Waals surface area (Å²) in [5, 5.41) is 0.529. The highest BCUT2D eigenvalue weighted by Gasteiger charge is 2.39. The van der Waals surface area contributed by atoms with Crippen molar-refractivity contribution in [1.82, 2.24) is 0 Å². The Morgan fingerprint density at radius 1 is 1.36 bits per heavy atom. The van der Waals surface area contributed by atoms with Crippen molar-refractivity contribution in [2.24, 2.45) is 5.92 Å². The van der Waals surface area contributed by atoms with Crippen molar-refractivity contribution in [3.05, 3.63) is 46.2 Å². The first kappa shape index (κ1) is 18.2. The number of halogens is 1. The van der Waals surface area contributed by atoms with E-state index in [-0.39, 0.29) is 5.97 Å². The second-order valence-corrected chi connectivity index (χ2v) is 13.9. The summed E-state index contributed by atoms with van der Waals surface area (Å²) in [6.45, 7) is 6.10. The molecule has 1 aliphatic heterocycles. The third-order valence-electron chi connectivity index (χ3n) is 3.28. The predicted molar refractivity (Wildman–Crippen MR) is 99.6 cm³/mol. The Morgan fingerprint density at radius 3 is 2.50 bits per heavy atom. The van der Waals surface area contributed by atoms with E-state index in [1.54, 1.807) is 6.92 Å². The average molecular weight is 421 g/mol. The number of benzene rings is 1. The minimum absolute atomic E-state index is 0.313. The molecular weight excluding hydrogens is 403 g/mol. The molecule has 3 nitrogen and oxygen atoms in total. The van der Waals surface area contributed by atoms with Crippen LogP contribution in [0.2, 0.25) is 0 Å². The quantitative estimate of drug-likeness (QED) is 0.457. The molecule has 1 atom stereocenters. The fourth-order valence-electron chi connectivity index (χ4n) is 2.15. The van der Waals surface area contributed by atoms with Gasteiger partial charge in [0.05, 0.1) is 12.5 Å². The summed E-state index contributed by atoms with van der Waals surface area (Å²) in [7, 11) is 0. The van der Waals surface area contributed by atoms with Gasteiger partial charge in [0.25, 0.3) is 0 Å². The highest BCUT2D eigenvalue weighted by atomic mass is 79.9. The molecule has 120 valence electrons. The highest BCUT2D eigenvalue weighted by Crippen LogP contribution is 2.79. The van der Waals surface area contributed by atoms with Crippen LogP contribution in [0.15, 0.2) is 40.6 Å². The van der Waals surface area contributed by atoms with Crippen molar-refractivity contribution in [3.63, 3.8) is 0 Å². The van der Waals surface area contributed by atoms with Gasteiger partial charge in [-0.05, 0) is 31.0 Å². The largest absolute Gasteiger partial charge is 0.466 e. The highest BCUT2D eigenvalue weighted by molar-refractivity contribution is 9.10. The molecule has 1 aliphatic rings. The molecule has 0 saturated carbocycles. The topological polar surface area (TPSA) is 43.4 Å². The molecule has 1 saturated heterocycles. The Balaban J connectivity index is 2.22. The Bertz CT molecular complexity index is 593. The van der Waals surface area contributed by atoms with Gasteiger partial charge in [-0.1, -0.05) is 57.4 Å². The van der Waals surface area contributed by atoms with E-state index in [0.717, 1.165) is 21.5 Å². The lowest BCUT2D eigenvalue weighted by molar-refractivity contribution is -0.146. The van der Waals surface area contributed by atoms with E-state index >= 15 is 0 Å². The number of rotatable bonds is 6. The summed E-state index contributed by atoms with van der Waals surface area (Å²) in [6, 6.07) is 7.77. The van der Waals surface area contributed by atoms with Crippen LogP contribution >= 0.6 is 44.2 Å². The van der Waals surface area contributed by atoms with Crippen LogP contribution < -0.4 is 0 Å². The normalized spacial score (nSPS) is 17.9. The number of hydrogen-bond donors (Lipinski definition) is 0. The molecule has 2 rings (SSSR count). The fraction of sp³-hybridized carbons (Fsp3) is 0.400. The summed E-state index contributed by atoms with van der Waals surface area (Å²) in [5.74, 6) is 0.799. The van der Waals surface area contributed by atoms with E-state index in [9.17, 15) is 9.36 Å². The number of hydrogen-bond acceptors (Lipinski definition) is 5. The van der Waals surface area contributed by atoms with Crippen LogP contribution in [0.5, 0.6) is 0 Å². The molecular formula is C15H18BrO3PS2. The zero-order valence-corrected chi connectivity index (χ0v) is 16.4. The van der Waals surface area contributed by atoms with E-state index in [1.807, 2.05) is 24.3 Å². The number of ether oxygens (including phenoxy) is 1. The van der Waals surface area contributed by atoms with Crippen molar-refractivity contribution in [1.29, 1.82) is 0 Å². The zero-order chi connectivity index (χ0) is 16.2. The molecule has 0 amide bonds. The van der Waals surface area contributed by atoms with E-state index in [1.165, 1.54) is 22.8 Å². The molecule has 0 radical (unpaired) electrons.